The van der Waals surface area contributed by atoms with Gasteiger partial charge in [-0.2, -0.15) is 0 Å². The zero-order valence-corrected chi connectivity index (χ0v) is 15.2. The normalized spacial score (nSPS) is 17.3. The predicted molar refractivity (Wildman–Crippen MR) is 106 cm³/mol. The Kier molecular flexibility index (Phi) is 4.78. The first-order valence-corrected chi connectivity index (χ1v) is 9.34. The SMILES string of the molecule is O=C1[C@H](C(c2ccccc2)(c2ccccc2)c2ccccc2)CCN1CO. The number of likely N-dealkylation sites (tertiary alicyclic amines) is 1. The fourth-order valence-corrected chi connectivity index (χ4v) is 4.49. The smallest absolute Gasteiger partial charge is 0.229 e. The van der Waals surface area contributed by atoms with Gasteiger partial charge in [-0.3, -0.25) is 4.79 Å². The van der Waals surface area contributed by atoms with Crippen molar-refractivity contribution in [1.82, 2.24) is 4.90 Å². The molecule has 0 spiro atoms. The van der Waals surface area contributed by atoms with Gasteiger partial charge in [-0.15, -0.1) is 0 Å². The van der Waals surface area contributed by atoms with Crippen molar-refractivity contribution in [2.24, 2.45) is 5.92 Å². The summed E-state index contributed by atoms with van der Waals surface area (Å²) in [4.78, 5) is 14.8. The Morgan fingerprint density at radius 2 is 1.19 bits per heavy atom. The first kappa shape index (κ1) is 17.5. The number of carbonyl (C=O) groups is 1. The molecule has 3 nitrogen and oxygen atoms in total. The Labute approximate surface area is 159 Å². The molecule has 1 N–H and O–H groups in total. The van der Waals surface area contributed by atoms with Crippen molar-refractivity contribution in [3.8, 4) is 0 Å². The average Bonchev–Trinajstić information content (AvgIpc) is 3.12. The largest absolute Gasteiger partial charge is 0.376 e. The molecule has 0 aromatic heterocycles. The Bertz CT molecular complexity index is 797. The van der Waals surface area contributed by atoms with Gasteiger partial charge in [0.25, 0.3) is 0 Å². The summed E-state index contributed by atoms with van der Waals surface area (Å²) in [6.07, 6.45) is 0.706. The highest BCUT2D eigenvalue weighted by atomic mass is 16.3. The van der Waals surface area contributed by atoms with Gasteiger partial charge in [-0.05, 0) is 23.1 Å². The first-order chi connectivity index (χ1) is 13.3. The molecular formula is C24H23NO2. The molecule has 3 heteroatoms. The fourth-order valence-electron chi connectivity index (χ4n) is 4.49. The maximum atomic E-state index is 13.3. The minimum absolute atomic E-state index is 0.00839. The molecule has 1 amide bonds. The molecule has 1 aliphatic heterocycles. The Hall–Kier alpha value is -2.91. The zero-order chi connectivity index (χ0) is 18.7. The quantitative estimate of drug-likeness (QED) is 0.705. The van der Waals surface area contributed by atoms with Crippen LogP contribution in [0.2, 0.25) is 0 Å². The third-order valence-corrected chi connectivity index (χ3v) is 5.68. The van der Waals surface area contributed by atoms with Crippen LogP contribution >= 0.6 is 0 Å². The molecule has 1 aliphatic rings. The van der Waals surface area contributed by atoms with Crippen molar-refractivity contribution >= 4 is 5.91 Å². The van der Waals surface area contributed by atoms with Gasteiger partial charge in [-0.25, -0.2) is 0 Å². The van der Waals surface area contributed by atoms with Crippen LogP contribution in [0.15, 0.2) is 91.0 Å². The molecule has 1 saturated heterocycles. The summed E-state index contributed by atoms with van der Waals surface area (Å²) in [7, 11) is 0. The number of carbonyl (C=O) groups excluding carboxylic acids is 1. The number of hydrogen-bond donors (Lipinski definition) is 1. The van der Waals surface area contributed by atoms with E-state index >= 15 is 0 Å². The molecule has 136 valence electrons. The minimum Gasteiger partial charge on any atom is -0.376 e. The topological polar surface area (TPSA) is 40.5 Å². The van der Waals surface area contributed by atoms with E-state index in [2.05, 4.69) is 36.4 Å². The van der Waals surface area contributed by atoms with Gasteiger partial charge in [-0.1, -0.05) is 91.0 Å². The molecule has 1 fully saturated rings. The van der Waals surface area contributed by atoms with E-state index in [0.29, 0.717) is 13.0 Å². The van der Waals surface area contributed by atoms with Crippen LogP contribution in [0.25, 0.3) is 0 Å². The van der Waals surface area contributed by atoms with Gasteiger partial charge >= 0.3 is 0 Å². The standard InChI is InChI=1S/C24H23NO2/c26-18-25-17-16-22(23(25)27)24(19-10-4-1-5-11-19,20-12-6-2-7-13-20)21-14-8-3-9-15-21/h1-15,22,26H,16-18H2/t22-/m1/s1. The zero-order valence-electron chi connectivity index (χ0n) is 15.2. The molecule has 0 aliphatic carbocycles. The van der Waals surface area contributed by atoms with E-state index in [1.807, 2.05) is 54.6 Å². The number of aliphatic hydroxyl groups excluding tert-OH is 1. The summed E-state index contributed by atoms with van der Waals surface area (Å²) in [5.74, 6) is -0.258. The molecule has 0 bridgehead atoms. The fraction of sp³-hybridized carbons (Fsp3) is 0.208. The van der Waals surface area contributed by atoms with E-state index in [4.69, 9.17) is 0 Å². The summed E-state index contributed by atoms with van der Waals surface area (Å²) in [5.41, 5.74) is 2.70. The van der Waals surface area contributed by atoms with E-state index in [1.54, 1.807) is 4.90 Å². The number of aliphatic hydroxyl groups is 1. The highest BCUT2D eigenvalue weighted by Crippen LogP contribution is 2.48. The van der Waals surface area contributed by atoms with Crippen LogP contribution in [0, 0.1) is 5.92 Å². The van der Waals surface area contributed by atoms with Crippen LogP contribution in [-0.2, 0) is 10.2 Å². The molecule has 0 saturated carbocycles. The van der Waals surface area contributed by atoms with Crippen molar-refractivity contribution in [2.45, 2.75) is 11.8 Å². The summed E-state index contributed by atoms with van der Waals surface area (Å²) in [6, 6.07) is 30.8. The lowest BCUT2D eigenvalue weighted by Gasteiger charge is -2.40. The van der Waals surface area contributed by atoms with Crippen molar-refractivity contribution < 1.29 is 9.90 Å². The van der Waals surface area contributed by atoms with Gasteiger partial charge in [0.2, 0.25) is 5.91 Å². The average molecular weight is 357 g/mol. The van der Waals surface area contributed by atoms with Crippen LogP contribution in [0.3, 0.4) is 0 Å². The lowest BCUT2D eigenvalue weighted by Crippen LogP contribution is -2.42. The Morgan fingerprint density at radius 3 is 1.52 bits per heavy atom. The third kappa shape index (κ3) is 2.84. The molecular weight excluding hydrogens is 334 g/mol. The molecule has 27 heavy (non-hydrogen) atoms. The van der Waals surface area contributed by atoms with Crippen LogP contribution in [-0.4, -0.2) is 29.2 Å². The van der Waals surface area contributed by atoms with E-state index in [1.165, 1.54) is 0 Å². The van der Waals surface area contributed by atoms with Crippen LogP contribution in [0.1, 0.15) is 23.1 Å². The minimum atomic E-state index is -0.592. The number of benzene rings is 3. The van der Waals surface area contributed by atoms with Crippen LogP contribution in [0.5, 0.6) is 0 Å². The van der Waals surface area contributed by atoms with Crippen molar-refractivity contribution in [3.05, 3.63) is 108 Å². The number of amides is 1. The van der Waals surface area contributed by atoms with E-state index in [0.717, 1.165) is 16.7 Å². The molecule has 1 atom stereocenters. The summed E-state index contributed by atoms with van der Waals surface area (Å²) in [5, 5.41) is 9.64. The summed E-state index contributed by atoms with van der Waals surface area (Å²) < 4.78 is 0. The number of rotatable bonds is 5. The van der Waals surface area contributed by atoms with Crippen LogP contribution < -0.4 is 0 Å². The van der Waals surface area contributed by atoms with Crippen molar-refractivity contribution in [3.63, 3.8) is 0 Å². The molecule has 1 heterocycles. The second-order valence-corrected chi connectivity index (χ2v) is 6.99. The Morgan fingerprint density at radius 1 is 0.778 bits per heavy atom. The van der Waals surface area contributed by atoms with E-state index < -0.39 is 5.41 Å². The van der Waals surface area contributed by atoms with E-state index in [9.17, 15) is 9.90 Å². The summed E-state index contributed by atoms with van der Waals surface area (Å²) in [6.45, 7) is 0.345. The van der Waals surface area contributed by atoms with Crippen molar-refractivity contribution in [2.75, 3.05) is 13.3 Å². The lowest BCUT2D eigenvalue weighted by molar-refractivity contribution is -0.135. The predicted octanol–water partition coefficient (Wildman–Crippen LogP) is 3.82. The molecule has 3 aromatic carbocycles. The first-order valence-electron chi connectivity index (χ1n) is 9.34. The van der Waals surface area contributed by atoms with Crippen LogP contribution in [0.4, 0.5) is 0 Å². The third-order valence-electron chi connectivity index (χ3n) is 5.68. The maximum Gasteiger partial charge on any atom is 0.229 e. The monoisotopic (exact) mass is 357 g/mol. The molecule has 0 unspecified atom stereocenters. The molecule has 3 aromatic rings. The molecule has 0 radical (unpaired) electrons. The number of hydrogen-bond acceptors (Lipinski definition) is 2. The highest BCUT2D eigenvalue weighted by Gasteiger charge is 2.50. The summed E-state index contributed by atoms with van der Waals surface area (Å²) >= 11 is 0. The highest BCUT2D eigenvalue weighted by molar-refractivity contribution is 5.85. The van der Waals surface area contributed by atoms with Gasteiger partial charge in [0.1, 0.15) is 6.73 Å². The van der Waals surface area contributed by atoms with E-state index in [-0.39, 0.29) is 18.6 Å². The van der Waals surface area contributed by atoms with Crippen molar-refractivity contribution in [1.29, 1.82) is 0 Å². The number of nitrogens with zero attached hydrogens (tertiary/aromatic N) is 1. The van der Waals surface area contributed by atoms with Gasteiger partial charge in [0.15, 0.2) is 0 Å². The van der Waals surface area contributed by atoms with Gasteiger partial charge in [0.05, 0.1) is 11.3 Å². The maximum absolute atomic E-state index is 13.3. The van der Waals surface area contributed by atoms with Gasteiger partial charge < -0.3 is 10.0 Å². The lowest BCUT2D eigenvalue weighted by atomic mass is 9.61. The molecule has 4 rings (SSSR count). The second kappa shape index (κ2) is 7.37. The Balaban J connectivity index is 2.03. The van der Waals surface area contributed by atoms with Gasteiger partial charge in [0, 0.05) is 6.54 Å². The second-order valence-electron chi connectivity index (χ2n) is 6.99.